The molecule has 0 aromatic carbocycles. The van der Waals surface area contributed by atoms with Gasteiger partial charge in [-0.05, 0) is 32.8 Å². The lowest BCUT2D eigenvalue weighted by Gasteiger charge is -2.23. The number of amides is 1. The Kier molecular flexibility index (Phi) is 3.71. The van der Waals surface area contributed by atoms with Crippen LogP contribution < -0.4 is 0 Å². The highest BCUT2D eigenvalue weighted by Crippen LogP contribution is 2.32. The molecule has 0 spiro atoms. The molecule has 0 unspecified atom stereocenters. The van der Waals surface area contributed by atoms with Crippen molar-refractivity contribution >= 4 is 17.2 Å². The molecule has 2 aromatic rings. The Morgan fingerprint density at radius 2 is 2.14 bits per heavy atom. The molecule has 0 N–H and O–H groups in total. The molecule has 1 atom stereocenters. The van der Waals surface area contributed by atoms with Crippen LogP contribution in [0.5, 0.6) is 0 Å². The van der Waals surface area contributed by atoms with Crippen LogP contribution in [0, 0.1) is 13.8 Å². The standard InChI is InChI=1S/C15H18N4OS/c1-9-8-21-15(16-9)13-7-12(17-10(2)18-13)14-5-4-6-19(14)11(3)20/h7-8,14H,4-6H2,1-3H3/t14-/m0/s1. The minimum Gasteiger partial charge on any atom is -0.334 e. The summed E-state index contributed by atoms with van der Waals surface area (Å²) in [5.41, 5.74) is 2.78. The van der Waals surface area contributed by atoms with E-state index in [0.29, 0.717) is 0 Å². The molecular formula is C15H18N4OS. The lowest BCUT2D eigenvalue weighted by Crippen LogP contribution is -2.28. The van der Waals surface area contributed by atoms with E-state index >= 15 is 0 Å². The second kappa shape index (κ2) is 5.52. The maximum atomic E-state index is 11.7. The van der Waals surface area contributed by atoms with Crippen LogP contribution in [0.4, 0.5) is 0 Å². The van der Waals surface area contributed by atoms with Gasteiger partial charge < -0.3 is 4.90 Å². The highest BCUT2D eigenvalue weighted by Gasteiger charge is 2.29. The maximum Gasteiger partial charge on any atom is 0.220 e. The van der Waals surface area contributed by atoms with E-state index in [1.54, 1.807) is 18.3 Å². The monoisotopic (exact) mass is 302 g/mol. The van der Waals surface area contributed by atoms with E-state index in [-0.39, 0.29) is 11.9 Å². The lowest BCUT2D eigenvalue weighted by atomic mass is 10.1. The first-order chi connectivity index (χ1) is 10.0. The average molecular weight is 302 g/mol. The van der Waals surface area contributed by atoms with Gasteiger partial charge in [0, 0.05) is 24.5 Å². The smallest absolute Gasteiger partial charge is 0.220 e. The van der Waals surface area contributed by atoms with Crippen LogP contribution in [0.2, 0.25) is 0 Å². The molecule has 1 amide bonds. The van der Waals surface area contributed by atoms with Crippen LogP contribution in [-0.4, -0.2) is 32.3 Å². The molecule has 0 aliphatic carbocycles. The first kappa shape index (κ1) is 14.1. The fraction of sp³-hybridized carbons (Fsp3) is 0.467. The van der Waals surface area contributed by atoms with Gasteiger partial charge in [-0.15, -0.1) is 11.3 Å². The number of likely N-dealkylation sites (tertiary alicyclic amines) is 1. The van der Waals surface area contributed by atoms with Gasteiger partial charge in [0.05, 0.1) is 11.7 Å². The van der Waals surface area contributed by atoms with Gasteiger partial charge in [0.2, 0.25) is 5.91 Å². The fourth-order valence-corrected chi connectivity index (χ4v) is 3.55. The summed E-state index contributed by atoms with van der Waals surface area (Å²) in [6, 6.07) is 2.06. The van der Waals surface area contributed by atoms with E-state index in [1.165, 1.54) is 0 Å². The zero-order chi connectivity index (χ0) is 15.0. The number of hydrogen-bond acceptors (Lipinski definition) is 5. The number of nitrogens with zero attached hydrogens (tertiary/aromatic N) is 4. The first-order valence-electron chi connectivity index (χ1n) is 7.10. The third-order valence-electron chi connectivity index (χ3n) is 3.69. The van der Waals surface area contributed by atoms with E-state index in [2.05, 4.69) is 15.0 Å². The molecule has 110 valence electrons. The largest absolute Gasteiger partial charge is 0.334 e. The number of aromatic nitrogens is 3. The Morgan fingerprint density at radius 1 is 1.33 bits per heavy atom. The van der Waals surface area contributed by atoms with Crippen LogP contribution in [-0.2, 0) is 4.79 Å². The average Bonchev–Trinajstić information content (AvgIpc) is 3.06. The summed E-state index contributed by atoms with van der Waals surface area (Å²) in [6.45, 7) is 6.30. The third-order valence-corrected chi connectivity index (χ3v) is 4.68. The molecule has 1 fully saturated rings. The summed E-state index contributed by atoms with van der Waals surface area (Å²) in [6.07, 6.45) is 1.99. The van der Waals surface area contributed by atoms with Gasteiger partial charge in [-0.1, -0.05) is 0 Å². The van der Waals surface area contributed by atoms with Crippen LogP contribution >= 0.6 is 11.3 Å². The van der Waals surface area contributed by atoms with Crippen molar-refractivity contribution in [1.82, 2.24) is 19.9 Å². The topological polar surface area (TPSA) is 59.0 Å². The van der Waals surface area contributed by atoms with Gasteiger partial charge in [0.25, 0.3) is 0 Å². The minimum atomic E-state index is 0.0732. The Labute approximate surface area is 128 Å². The van der Waals surface area contributed by atoms with Crippen molar-refractivity contribution in [3.63, 3.8) is 0 Å². The summed E-state index contributed by atoms with van der Waals surface area (Å²) in [5, 5.41) is 2.93. The van der Waals surface area contributed by atoms with E-state index in [1.807, 2.05) is 30.2 Å². The second-order valence-corrected chi connectivity index (χ2v) is 6.25. The molecule has 3 rings (SSSR count). The van der Waals surface area contributed by atoms with Gasteiger partial charge >= 0.3 is 0 Å². The number of aryl methyl sites for hydroxylation is 2. The predicted molar refractivity (Wildman–Crippen MR) is 82.0 cm³/mol. The van der Waals surface area contributed by atoms with Crippen LogP contribution in [0.1, 0.15) is 43.0 Å². The maximum absolute atomic E-state index is 11.7. The zero-order valence-corrected chi connectivity index (χ0v) is 13.3. The summed E-state index contributed by atoms with van der Waals surface area (Å²) in [7, 11) is 0. The molecule has 0 saturated carbocycles. The molecule has 0 radical (unpaired) electrons. The van der Waals surface area contributed by atoms with Gasteiger partial charge in [-0.25, -0.2) is 15.0 Å². The van der Waals surface area contributed by atoms with Crippen molar-refractivity contribution in [2.24, 2.45) is 0 Å². The van der Waals surface area contributed by atoms with E-state index in [9.17, 15) is 4.79 Å². The summed E-state index contributed by atoms with van der Waals surface area (Å²) in [5.74, 6) is 0.839. The highest BCUT2D eigenvalue weighted by molar-refractivity contribution is 7.13. The second-order valence-electron chi connectivity index (χ2n) is 5.39. The van der Waals surface area contributed by atoms with Crippen LogP contribution in [0.25, 0.3) is 10.7 Å². The predicted octanol–water partition coefficient (Wildman–Crippen LogP) is 2.90. The molecule has 3 heterocycles. The van der Waals surface area contributed by atoms with Crippen LogP contribution in [0.15, 0.2) is 11.4 Å². The molecule has 5 nitrogen and oxygen atoms in total. The van der Waals surface area contributed by atoms with Crippen molar-refractivity contribution < 1.29 is 4.79 Å². The Bertz CT molecular complexity index is 682. The molecule has 1 aliphatic heterocycles. The van der Waals surface area contributed by atoms with Crippen LogP contribution in [0.3, 0.4) is 0 Å². The van der Waals surface area contributed by atoms with Gasteiger partial charge in [-0.3, -0.25) is 4.79 Å². The van der Waals surface area contributed by atoms with Crippen molar-refractivity contribution in [3.05, 3.63) is 28.7 Å². The fourth-order valence-electron chi connectivity index (χ4n) is 2.79. The summed E-state index contributed by atoms with van der Waals surface area (Å²) in [4.78, 5) is 27.2. The number of rotatable bonds is 2. The molecule has 1 saturated heterocycles. The minimum absolute atomic E-state index is 0.0732. The summed E-state index contributed by atoms with van der Waals surface area (Å²) < 4.78 is 0. The van der Waals surface area contributed by atoms with Crippen molar-refractivity contribution in [1.29, 1.82) is 0 Å². The molecule has 6 heteroatoms. The van der Waals surface area contributed by atoms with Gasteiger partial charge in [0.15, 0.2) is 0 Å². The van der Waals surface area contributed by atoms with Gasteiger partial charge in [-0.2, -0.15) is 0 Å². The van der Waals surface area contributed by atoms with E-state index in [0.717, 1.165) is 47.3 Å². The third kappa shape index (κ3) is 2.81. The Balaban J connectivity index is 2.00. The first-order valence-corrected chi connectivity index (χ1v) is 7.98. The van der Waals surface area contributed by atoms with E-state index in [4.69, 9.17) is 0 Å². The zero-order valence-electron chi connectivity index (χ0n) is 12.5. The lowest BCUT2D eigenvalue weighted by molar-refractivity contribution is -0.129. The quantitative estimate of drug-likeness (QED) is 0.856. The molecule has 2 aromatic heterocycles. The normalized spacial score (nSPS) is 18.2. The molecule has 21 heavy (non-hydrogen) atoms. The number of hydrogen-bond donors (Lipinski definition) is 0. The SMILES string of the molecule is CC(=O)N1CCC[C@H]1c1cc(-c2nc(C)cs2)nc(C)n1. The summed E-state index contributed by atoms with van der Waals surface area (Å²) >= 11 is 1.59. The molecular weight excluding hydrogens is 284 g/mol. The van der Waals surface area contributed by atoms with Gasteiger partial charge in [0.1, 0.15) is 16.5 Å². The Hall–Kier alpha value is -1.82. The highest BCUT2D eigenvalue weighted by atomic mass is 32.1. The number of thiazole rings is 1. The Morgan fingerprint density at radius 3 is 2.81 bits per heavy atom. The molecule has 1 aliphatic rings. The van der Waals surface area contributed by atoms with Crippen molar-refractivity contribution in [2.75, 3.05) is 6.54 Å². The number of carbonyl (C=O) groups is 1. The number of carbonyl (C=O) groups excluding carboxylic acids is 1. The van der Waals surface area contributed by atoms with Crippen molar-refractivity contribution in [3.8, 4) is 10.7 Å². The molecule has 0 bridgehead atoms. The van der Waals surface area contributed by atoms with Crippen molar-refractivity contribution in [2.45, 2.75) is 39.7 Å². The van der Waals surface area contributed by atoms with E-state index < -0.39 is 0 Å².